The number of esters is 1. The number of hydrogen-bond acceptors (Lipinski definition) is 11. The van der Waals surface area contributed by atoms with E-state index in [9.17, 15) is 9.59 Å². The Hall–Kier alpha value is -4.42. The smallest absolute Gasteiger partial charge is 0.358 e. The van der Waals surface area contributed by atoms with Gasteiger partial charge >= 0.3 is 11.9 Å². The van der Waals surface area contributed by atoms with Crippen LogP contribution in [0.4, 0.5) is 11.6 Å². The van der Waals surface area contributed by atoms with Crippen molar-refractivity contribution < 1.29 is 19.4 Å². The number of carboxylic acid groups (broad SMARTS) is 1. The quantitative estimate of drug-likeness (QED) is 0.319. The third kappa shape index (κ3) is 6.17. The minimum absolute atomic E-state index is 0.0142. The van der Waals surface area contributed by atoms with Gasteiger partial charge in [0.15, 0.2) is 23.0 Å². The number of nitrogens with two attached hydrogens (primary N) is 2. The fourth-order valence-corrected chi connectivity index (χ4v) is 2.95. The molecule has 0 spiro atoms. The molecule has 12 nitrogen and oxygen atoms in total. The Morgan fingerprint density at radius 3 is 1.72 bits per heavy atom. The molecule has 4 rings (SSSR count). The van der Waals surface area contributed by atoms with Crippen LogP contribution in [-0.4, -0.2) is 53.6 Å². The number of rotatable bonds is 5. The average molecular weight is 529 g/mol. The van der Waals surface area contributed by atoms with Gasteiger partial charge in [0.25, 0.3) is 0 Å². The van der Waals surface area contributed by atoms with E-state index in [0.29, 0.717) is 11.4 Å². The van der Waals surface area contributed by atoms with E-state index in [1.807, 2.05) is 0 Å². The first-order valence-corrected chi connectivity index (χ1v) is 10.9. The highest BCUT2D eigenvalue weighted by molar-refractivity contribution is 6.35. The number of nitrogens with zero attached hydrogens (tertiary/aromatic N) is 6. The van der Waals surface area contributed by atoms with Crippen molar-refractivity contribution in [3.63, 3.8) is 0 Å². The summed E-state index contributed by atoms with van der Waals surface area (Å²) in [6.07, 6.45) is 3.14. The lowest BCUT2D eigenvalue weighted by Gasteiger charge is -2.07. The SMILES string of the molecule is CCOC(=O)c1nc(-c2ccccn2)nc(N)c1Cl.Nc1nc(-c2ccccn2)nc(C(=O)O)c1Cl. The van der Waals surface area contributed by atoms with Crippen molar-refractivity contribution >= 4 is 46.8 Å². The van der Waals surface area contributed by atoms with E-state index < -0.39 is 11.9 Å². The zero-order chi connectivity index (χ0) is 26.2. The maximum Gasteiger partial charge on any atom is 0.358 e. The zero-order valence-corrected chi connectivity index (χ0v) is 20.1. The van der Waals surface area contributed by atoms with Crippen LogP contribution in [0.15, 0.2) is 48.8 Å². The number of hydrogen-bond donors (Lipinski definition) is 3. The summed E-state index contributed by atoms with van der Waals surface area (Å²) in [5.74, 6) is -1.62. The maximum atomic E-state index is 11.7. The molecule has 0 unspecified atom stereocenters. The first-order chi connectivity index (χ1) is 17.2. The van der Waals surface area contributed by atoms with E-state index in [2.05, 4.69) is 29.9 Å². The Kier molecular flexibility index (Phi) is 8.60. The molecule has 0 radical (unpaired) electrons. The first-order valence-electron chi connectivity index (χ1n) is 10.1. The van der Waals surface area contributed by atoms with Gasteiger partial charge in [0, 0.05) is 12.4 Å². The second kappa shape index (κ2) is 11.8. The number of carbonyl (C=O) groups excluding carboxylic acids is 1. The van der Waals surface area contributed by atoms with Crippen LogP contribution < -0.4 is 11.5 Å². The molecule has 0 amide bonds. The number of carboxylic acids is 1. The lowest BCUT2D eigenvalue weighted by atomic mass is 10.3. The van der Waals surface area contributed by atoms with E-state index in [1.54, 1.807) is 55.7 Å². The largest absolute Gasteiger partial charge is 0.476 e. The number of anilines is 2. The number of pyridine rings is 2. The zero-order valence-electron chi connectivity index (χ0n) is 18.6. The van der Waals surface area contributed by atoms with Gasteiger partial charge in [-0.25, -0.2) is 29.5 Å². The fraction of sp³-hybridized carbons (Fsp3) is 0.0909. The Morgan fingerprint density at radius 1 is 0.833 bits per heavy atom. The molecule has 36 heavy (non-hydrogen) atoms. The number of ether oxygens (including phenoxy) is 1. The molecular weight excluding hydrogens is 511 g/mol. The molecule has 14 heteroatoms. The molecule has 0 saturated carbocycles. The van der Waals surface area contributed by atoms with Crippen LogP contribution in [0.1, 0.15) is 27.9 Å². The maximum absolute atomic E-state index is 11.7. The van der Waals surface area contributed by atoms with Crippen LogP contribution in [0.2, 0.25) is 10.0 Å². The van der Waals surface area contributed by atoms with Crippen molar-refractivity contribution in [2.24, 2.45) is 0 Å². The van der Waals surface area contributed by atoms with E-state index >= 15 is 0 Å². The van der Waals surface area contributed by atoms with Gasteiger partial charge < -0.3 is 21.3 Å². The number of aromatic nitrogens is 6. The predicted octanol–water partition coefficient (Wildman–Crippen LogP) is 3.42. The highest BCUT2D eigenvalue weighted by atomic mass is 35.5. The van der Waals surface area contributed by atoms with E-state index in [0.717, 1.165) is 0 Å². The molecule has 184 valence electrons. The van der Waals surface area contributed by atoms with Crippen molar-refractivity contribution in [2.75, 3.05) is 18.1 Å². The number of nitrogen functional groups attached to an aromatic ring is 2. The molecule has 0 bridgehead atoms. The summed E-state index contributed by atoms with van der Waals surface area (Å²) in [5.41, 5.74) is 11.7. The minimum Gasteiger partial charge on any atom is -0.476 e. The summed E-state index contributed by atoms with van der Waals surface area (Å²) in [6.45, 7) is 1.91. The van der Waals surface area contributed by atoms with Gasteiger partial charge in [-0.15, -0.1) is 0 Å². The van der Waals surface area contributed by atoms with Crippen molar-refractivity contribution in [1.29, 1.82) is 0 Å². The summed E-state index contributed by atoms with van der Waals surface area (Å²) in [4.78, 5) is 46.5. The Bertz CT molecular complexity index is 1390. The Labute approximate surface area is 214 Å². The number of halogens is 2. The Balaban J connectivity index is 0.000000202. The molecular formula is C22H18Cl2N8O4. The van der Waals surface area contributed by atoms with Gasteiger partial charge in [-0.2, -0.15) is 0 Å². The molecule has 4 aromatic rings. The van der Waals surface area contributed by atoms with Gasteiger partial charge in [-0.3, -0.25) is 9.97 Å². The lowest BCUT2D eigenvalue weighted by Crippen LogP contribution is -2.11. The molecule has 0 atom stereocenters. The summed E-state index contributed by atoms with van der Waals surface area (Å²) >= 11 is 11.6. The third-order valence-corrected chi connectivity index (χ3v) is 4.96. The van der Waals surface area contributed by atoms with Gasteiger partial charge in [0.1, 0.15) is 33.1 Å². The topological polar surface area (TPSA) is 193 Å². The lowest BCUT2D eigenvalue weighted by molar-refractivity contribution is 0.0519. The van der Waals surface area contributed by atoms with E-state index in [4.69, 9.17) is 44.5 Å². The van der Waals surface area contributed by atoms with Crippen LogP contribution in [-0.2, 0) is 4.74 Å². The minimum atomic E-state index is -1.26. The molecule has 0 aliphatic carbocycles. The van der Waals surface area contributed by atoms with Gasteiger partial charge in [-0.05, 0) is 31.2 Å². The Morgan fingerprint density at radius 2 is 1.31 bits per heavy atom. The molecule has 4 aromatic heterocycles. The molecule has 0 saturated heterocycles. The highest BCUT2D eigenvalue weighted by Crippen LogP contribution is 2.25. The summed E-state index contributed by atoms with van der Waals surface area (Å²) in [6, 6.07) is 10.3. The van der Waals surface area contributed by atoms with Gasteiger partial charge in [-0.1, -0.05) is 35.3 Å². The van der Waals surface area contributed by atoms with Crippen molar-refractivity contribution in [2.45, 2.75) is 6.92 Å². The number of aromatic carboxylic acids is 1. The van der Waals surface area contributed by atoms with Crippen molar-refractivity contribution in [3.8, 4) is 23.0 Å². The highest BCUT2D eigenvalue weighted by Gasteiger charge is 2.20. The van der Waals surface area contributed by atoms with E-state index in [-0.39, 0.29) is 51.3 Å². The normalized spacial score (nSPS) is 10.2. The molecule has 0 aliphatic heterocycles. The summed E-state index contributed by atoms with van der Waals surface area (Å²) < 4.78 is 4.87. The van der Waals surface area contributed by atoms with Crippen molar-refractivity contribution in [1.82, 2.24) is 29.9 Å². The average Bonchev–Trinajstić information content (AvgIpc) is 2.88. The number of carbonyl (C=O) groups is 2. The second-order valence-corrected chi connectivity index (χ2v) is 7.40. The van der Waals surface area contributed by atoms with Gasteiger partial charge in [0.05, 0.1) is 6.61 Å². The van der Waals surface area contributed by atoms with E-state index in [1.165, 1.54) is 0 Å². The third-order valence-electron chi connectivity index (χ3n) is 4.21. The molecule has 0 aliphatic rings. The van der Waals surface area contributed by atoms with Crippen molar-refractivity contribution in [3.05, 3.63) is 70.2 Å². The van der Waals surface area contributed by atoms with Crippen LogP contribution in [0, 0.1) is 0 Å². The summed E-state index contributed by atoms with van der Waals surface area (Å²) in [7, 11) is 0. The van der Waals surface area contributed by atoms with Gasteiger partial charge in [0.2, 0.25) is 0 Å². The standard InChI is InChI=1S/C12H11ClN4O2.C10H7ClN4O2/c1-2-19-12(18)9-8(13)10(14)17-11(16-9)7-5-3-4-6-15-7;11-6-7(10(16)17)14-9(15-8(6)12)5-3-1-2-4-13-5/h3-6H,2H2,1H3,(H2,14,16,17);1-4H,(H,16,17)(H2,12,14,15). The second-order valence-electron chi connectivity index (χ2n) is 6.65. The monoisotopic (exact) mass is 528 g/mol. The molecule has 4 heterocycles. The molecule has 0 aromatic carbocycles. The predicted molar refractivity (Wildman–Crippen MR) is 132 cm³/mol. The van der Waals surface area contributed by atoms with Crippen LogP contribution in [0.25, 0.3) is 23.0 Å². The molecule has 5 N–H and O–H groups in total. The summed E-state index contributed by atoms with van der Waals surface area (Å²) in [5, 5.41) is 8.73. The van der Waals surface area contributed by atoms with Crippen LogP contribution >= 0.6 is 23.2 Å². The van der Waals surface area contributed by atoms with Crippen LogP contribution in [0.3, 0.4) is 0 Å². The molecule has 0 fully saturated rings. The van der Waals surface area contributed by atoms with Crippen LogP contribution in [0.5, 0.6) is 0 Å². The fourth-order valence-electron chi connectivity index (χ4n) is 2.62. The first kappa shape index (κ1) is 26.2.